The number of hydrogen-bond donors (Lipinski definition) is 1. The van der Waals surface area contributed by atoms with Crippen molar-refractivity contribution in [2.75, 3.05) is 0 Å². The molecule has 0 aliphatic rings. The topological polar surface area (TPSA) is 37.8 Å². The second kappa shape index (κ2) is 7.69. The van der Waals surface area contributed by atoms with Crippen LogP contribution in [-0.2, 0) is 13.0 Å². The Kier molecular flexibility index (Phi) is 5.38. The molecule has 1 aromatic carbocycles. The van der Waals surface area contributed by atoms with E-state index >= 15 is 0 Å². The van der Waals surface area contributed by atoms with E-state index in [9.17, 15) is 0 Å². The Morgan fingerprint density at radius 2 is 1.88 bits per heavy atom. The van der Waals surface area contributed by atoms with E-state index in [-0.39, 0.29) is 6.04 Å². The predicted octanol–water partition coefficient (Wildman–Crippen LogP) is 4.60. The fourth-order valence-electron chi connectivity index (χ4n) is 2.95. The van der Waals surface area contributed by atoms with E-state index in [4.69, 9.17) is 0 Å². The zero-order valence-electron chi connectivity index (χ0n) is 14.4. The molecule has 0 saturated carbocycles. The Morgan fingerprint density at radius 3 is 2.50 bits per heavy atom. The molecule has 0 bridgehead atoms. The molecule has 0 fully saturated rings. The fourth-order valence-corrected chi connectivity index (χ4v) is 3.76. The van der Waals surface area contributed by atoms with Gasteiger partial charge in [0, 0.05) is 30.0 Å². The van der Waals surface area contributed by atoms with Gasteiger partial charge in [0.1, 0.15) is 0 Å². The van der Waals surface area contributed by atoms with Gasteiger partial charge in [-0.05, 0) is 37.5 Å². The van der Waals surface area contributed by atoms with Gasteiger partial charge in [0.25, 0.3) is 0 Å². The van der Waals surface area contributed by atoms with Crippen molar-refractivity contribution in [3.05, 3.63) is 81.1 Å². The van der Waals surface area contributed by atoms with Gasteiger partial charge in [-0.25, -0.2) is 4.98 Å². The lowest BCUT2D eigenvalue weighted by Gasteiger charge is -2.20. The van der Waals surface area contributed by atoms with Gasteiger partial charge in [-0.15, -0.1) is 11.3 Å². The van der Waals surface area contributed by atoms with Gasteiger partial charge < -0.3 is 5.32 Å². The average Bonchev–Trinajstić information content (AvgIpc) is 3.03. The van der Waals surface area contributed by atoms with E-state index in [2.05, 4.69) is 60.3 Å². The van der Waals surface area contributed by atoms with Crippen molar-refractivity contribution in [1.29, 1.82) is 0 Å². The Bertz CT molecular complexity index is 775. The summed E-state index contributed by atoms with van der Waals surface area (Å²) < 4.78 is 0. The first-order chi connectivity index (χ1) is 11.7. The van der Waals surface area contributed by atoms with Crippen molar-refractivity contribution in [3.8, 4) is 0 Å². The van der Waals surface area contributed by atoms with Crippen LogP contribution in [0.3, 0.4) is 0 Å². The van der Waals surface area contributed by atoms with Crippen LogP contribution in [0.1, 0.15) is 45.1 Å². The number of nitrogens with one attached hydrogen (secondary N) is 1. The molecule has 3 nitrogen and oxygen atoms in total. The molecule has 0 radical (unpaired) electrons. The van der Waals surface area contributed by atoms with Crippen molar-refractivity contribution in [1.82, 2.24) is 15.3 Å². The standard InChI is InChI=1S/C20H23N3S/c1-4-19-22-12-18(24-19)13-23-20(16-6-5-7-21-11-16)17-9-14(2)8-15(3)10-17/h5-12,20,23H,4,13H2,1-3H3/t20-/m1/s1. The van der Waals surface area contributed by atoms with Crippen LogP contribution in [0.25, 0.3) is 0 Å². The van der Waals surface area contributed by atoms with Crippen molar-refractivity contribution < 1.29 is 0 Å². The SMILES string of the molecule is CCc1ncc(CN[C@H](c2cccnc2)c2cc(C)cc(C)c2)s1. The van der Waals surface area contributed by atoms with Crippen LogP contribution >= 0.6 is 11.3 Å². The van der Waals surface area contributed by atoms with Gasteiger partial charge in [-0.2, -0.15) is 0 Å². The lowest BCUT2D eigenvalue weighted by Crippen LogP contribution is -2.22. The van der Waals surface area contributed by atoms with E-state index in [1.54, 1.807) is 11.3 Å². The molecule has 1 N–H and O–H groups in total. The van der Waals surface area contributed by atoms with E-state index in [1.807, 2.05) is 24.7 Å². The summed E-state index contributed by atoms with van der Waals surface area (Å²) >= 11 is 1.78. The molecule has 124 valence electrons. The van der Waals surface area contributed by atoms with Crippen LogP contribution < -0.4 is 5.32 Å². The molecule has 4 heteroatoms. The summed E-state index contributed by atoms with van der Waals surface area (Å²) in [5.74, 6) is 0. The predicted molar refractivity (Wildman–Crippen MR) is 100 cm³/mol. The number of aromatic nitrogens is 2. The third kappa shape index (κ3) is 4.08. The lowest BCUT2D eigenvalue weighted by molar-refractivity contribution is 0.607. The van der Waals surface area contributed by atoms with Gasteiger partial charge in [0.05, 0.1) is 11.0 Å². The highest BCUT2D eigenvalue weighted by atomic mass is 32.1. The molecule has 2 heterocycles. The van der Waals surface area contributed by atoms with Crippen molar-refractivity contribution in [3.63, 3.8) is 0 Å². The second-order valence-corrected chi connectivity index (χ2v) is 7.29. The number of aryl methyl sites for hydroxylation is 3. The first-order valence-corrected chi connectivity index (χ1v) is 9.12. The lowest BCUT2D eigenvalue weighted by atomic mass is 9.96. The highest BCUT2D eigenvalue weighted by Crippen LogP contribution is 2.25. The second-order valence-electron chi connectivity index (χ2n) is 6.10. The maximum absolute atomic E-state index is 4.45. The number of nitrogens with zero attached hydrogens (tertiary/aromatic N) is 2. The highest BCUT2D eigenvalue weighted by Gasteiger charge is 2.15. The number of thiazole rings is 1. The van der Waals surface area contributed by atoms with Gasteiger partial charge in [0.2, 0.25) is 0 Å². The summed E-state index contributed by atoms with van der Waals surface area (Å²) in [6.45, 7) is 7.25. The molecule has 0 amide bonds. The third-order valence-electron chi connectivity index (χ3n) is 3.98. The van der Waals surface area contributed by atoms with Crippen LogP contribution in [-0.4, -0.2) is 9.97 Å². The Hall–Kier alpha value is -2.04. The highest BCUT2D eigenvalue weighted by molar-refractivity contribution is 7.11. The zero-order chi connectivity index (χ0) is 16.9. The van der Waals surface area contributed by atoms with Crippen LogP contribution in [0.4, 0.5) is 0 Å². The Morgan fingerprint density at radius 1 is 1.08 bits per heavy atom. The first-order valence-electron chi connectivity index (χ1n) is 8.30. The van der Waals surface area contributed by atoms with E-state index < -0.39 is 0 Å². The van der Waals surface area contributed by atoms with E-state index in [0.29, 0.717) is 0 Å². The summed E-state index contributed by atoms with van der Waals surface area (Å²) in [4.78, 5) is 10.0. The first kappa shape index (κ1) is 16.8. The van der Waals surface area contributed by atoms with Gasteiger partial charge >= 0.3 is 0 Å². The zero-order valence-corrected chi connectivity index (χ0v) is 15.2. The van der Waals surface area contributed by atoms with E-state index in [1.165, 1.54) is 32.1 Å². The third-order valence-corrected chi connectivity index (χ3v) is 5.12. The van der Waals surface area contributed by atoms with Gasteiger partial charge in [0.15, 0.2) is 0 Å². The number of hydrogen-bond acceptors (Lipinski definition) is 4. The van der Waals surface area contributed by atoms with Gasteiger partial charge in [-0.1, -0.05) is 42.3 Å². The molecular weight excluding hydrogens is 314 g/mol. The molecule has 24 heavy (non-hydrogen) atoms. The number of rotatable bonds is 6. The molecular formula is C20H23N3S. The maximum Gasteiger partial charge on any atom is 0.0925 e. The normalized spacial score (nSPS) is 12.3. The van der Waals surface area contributed by atoms with Crippen LogP contribution in [0.15, 0.2) is 48.9 Å². The summed E-state index contributed by atoms with van der Waals surface area (Å²) in [7, 11) is 0. The molecule has 3 rings (SSSR count). The minimum atomic E-state index is 0.129. The maximum atomic E-state index is 4.45. The van der Waals surface area contributed by atoms with Crippen LogP contribution in [0, 0.1) is 13.8 Å². The minimum Gasteiger partial charge on any atom is -0.301 e. The molecule has 1 atom stereocenters. The molecule has 0 spiro atoms. The van der Waals surface area contributed by atoms with Crippen LogP contribution in [0.5, 0.6) is 0 Å². The van der Waals surface area contributed by atoms with Crippen molar-refractivity contribution >= 4 is 11.3 Å². The smallest absolute Gasteiger partial charge is 0.0925 e. The van der Waals surface area contributed by atoms with E-state index in [0.717, 1.165) is 13.0 Å². The number of benzene rings is 1. The summed E-state index contributed by atoms with van der Waals surface area (Å²) in [6.07, 6.45) is 6.74. The molecule has 2 aromatic heterocycles. The van der Waals surface area contributed by atoms with Crippen molar-refractivity contribution in [2.45, 2.75) is 39.8 Å². The summed E-state index contributed by atoms with van der Waals surface area (Å²) in [5, 5.41) is 4.88. The Balaban J connectivity index is 1.87. The fraction of sp³-hybridized carbons (Fsp3) is 0.300. The average molecular weight is 337 g/mol. The quantitative estimate of drug-likeness (QED) is 0.714. The molecule has 3 aromatic rings. The Labute approximate surface area is 147 Å². The molecule has 0 aliphatic carbocycles. The van der Waals surface area contributed by atoms with Gasteiger partial charge in [-0.3, -0.25) is 4.98 Å². The number of pyridine rings is 1. The largest absolute Gasteiger partial charge is 0.301 e. The van der Waals surface area contributed by atoms with Crippen molar-refractivity contribution in [2.24, 2.45) is 0 Å². The molecule has 0 aliphatic heterocycles. The summed E-state index contributed by atoms with van der Waals surface area (Å²) in [6, 6.07) is 11.0. The molecule has 0 unspecified atom stereocenters. The minimum absolute atomic E-state index is 0.129. The summed E-state index contributed by atoms with van der Waals surface area (Å²) in [5.41, 5.74) is 5.03. The molecule has 0 saturated heterocycles. The monoisotopic (exact) mass is 337 g/mol. The van der Waals surface area contributed by atoms with Crippen LogP contribution in [0.2, 0.25) is 0 Å².